The van der Waals surface area contributed by atoms with Gasteiger partial charge in [0, 0.05) is 25.4 Å². The van der Waals surface area contributed by atoms with Gasteiger partial charge in [-0.15, -0.1) is 0 Å². The zero-order chi connectivity index (χ0) is 12.8. The van der Waals surface area contributed by atoms with Crippen molar-refractivity contribution < 1.29 is 4.79 Å². The molecule has 1 rings (SSSR count). The molecule has 0 aromatic heterocycles. The molecule has 0 amide bonds. The molecular formula is C15H29NO. The summed E-state index contributed by atoms with van der Waals surface area (Å²) in [5, 5.41) is 0. The zero-order valence-electron chi connectivity index (χ0n) is 12.0. The van der Waals surface area contributed by atoms with E-state index in [1.807, 2.05) is 0 Å². The Kier molecular flexibility index (Phi) is 6.18. The molecule has 0 aromatic rings. The molecule has 0 spiro atoms. The smallest absolute Gasteiger partial charge is 0.136 e. The SMILES string of the molecule is CC(C)CN(CCC1CCCC1=O)CC(C)C. The van der Waals surface area contributed by atoms with E-state index < -0.39 is 0 Å². The predicted molar refractivity (Wildman–Crippen MR) is 73.1 cm³/mol. The van der Waals surface area contributed by atoms with Gasteiger partial charge >= 0.3 is 0 Å². The van der Waals surface area contributed by atoms with Gasteiger partial charge in [0.2, 0.25) is 0 Å². The third-order valence-electron chi connectivity index (χ3n) is 3.47. The number of nitrogens with zero attached hydrogens (tertiary/aromatic N) is 1. The molecule has 0 saturated heterocycles. The van der Waals surface area contributed by atoms with Gasteiger partial charge in [-0.25, -0.2) is 0 Å². The van der Waals surface area contributed by atoms with Crippen molar-refractivity contribution in [2.75, 3.05) is 19.6 Å². The number of carbonyl (C=O) groups is 1. The van der Waals surface area contributed by atoms with E-state index in [1.165, 1.54) is 13.1 Å². The molecule has 1 aliphatic carbocycles. The first kappa shape index (κ1) is 14.7. The Bertz CT molecular complexity index is 225. The topological polar surface area (TPSA) is 20.3 Å². The van der Waals surface area contributed by atoms with Crippen molar-refractivity contribution in [1.82, 2.24) is 4.90 Å². The fraction of sp³-hybridized carbons (Fsp3) is 0.933. The second kappa shape index (κ2) is 7.15. The highest BCUT2D eigenvalue weighted by Crippen LogP contribution is 2.24. The summed E-state index contributed by atoms with van der Waals surface area (Å²) in [6.07, 6.45) is 4.17. The van der Waals surface area contributed by atoms with Crippen molar-refractivity contribution >= 4 is 5.78 Å². The average molecular weight is 239 g/mol. The van der Waals surface area contributed by atoms with Crippen molar-refractivity contribution in [2.45, 2.75) is 53.4 Å². The second-order valence-corrected chi connectivity index (χ2v) is 6.39. The lowest BCUT2D eigenvalue weighted by Crippen LogP contribution is -2.33. The zero-order valence-corrected chi connectivity index (χ0v) is 12.0. The van der Waals surface area contributed by atoms with Crippen LogP contribution in [0.1, 0.15) is 53.4 Å². The summed E-state index contributed by atoms with van der Waals surface area (Å²) in [4.78, 5) is 14.2. The number of hydrogen-bond donors (Lipinski definition) is 0. The summed E-state index contributed by atoms with van der Waals surface area (Å²) in [6.45, 7) is 12.5. The van der Waals surface area contributed by atoms with E-state index in [0.29, 0.717) is 23.5 Å². The first-order chi connectivity index (χ1) is 7.99. The Balaban J connectivity index is 2.34. The van der Waals surface area contributed by atoms with Gasteiger partial charge in [-0.3, -0.25) is 4.79 Å². The molecule has 1 unspecified atom stereocenters. The van der Waals surface area contributed by atoms with Gasteiger partial charge in [0.15, 0.2) is 0 Å². The number of Topliss-reactive ketones (excluding diaryl/α,β-unsaturated/α-hetero) is 1. The highest BCUT2D eigenvalue weighted by atomic mass is 16.1. The van der Waals surface area contributed by atoms with Gasteiger partial charge in [0.25, 0.3) is 0 Å². The molecule has 1 fully saturated rings. The molecule has 2 nitrogen and oxygen atoms in total. The lowest BCUT2D eigenvalue weighted by atomic mass is 10.0. The van der Waals surface area contributed by atoms with Crippen LogP contribution < -0.4 is 0 Å². The molecule has 0 bridgehead atoms. The van der Waals surface area contributed by atoms with Crippen LogP contribution in [-0.2, 0) is 4.79 Å². The van der Waals surface area contributed by atoms with Crippen LogP contribution in [0.15, 0.2) is 0 Å². The molecule has 1 saturated carbocycles. The number of hydrogen-bond acceptors (Lipinski definition) is 2. The van der Waals surface area contributed by atoms with E-state index >= 15 is 0 Å². The lowest BCUT2D eigenvalue weighted by Gasteiger charge is -2.27. The maximum atomic E-state index is 11.6. The summed E-state index contributed by atoms with van der Waals surface area (Å²) in [5.74, 6) is 2.32. The molecule has 0 radical (unpaired) electrons. The fourth-order valence-corrected chi connectivity index (χ4v) is 2.82. The van der Waals surface area contributed by atoms with Crippen LogP contribution in [-0.4, -0.2) is 30.3 Å². The minimum atomic E-state index is 0.372. The van der Waals surface area contributed by atoms with Crippen molar-refractivity contribution in [3.8, 4) is 0 Å². The molecular weight excluding hydrogens is 210 g/mol. The number of rotatable bonds is 7. The molecule has 0 aliphatic heterocycles. The van der Waals surface area contributed by atoms with E-state index in [9.17, 15) is 4.79 Å². The summed E-state index contributed by atoms with van der Waals surface area (Å²) in [6, 6.07) is 0. The highest BCUT2D eigenvalue weighted by molar-refractivity contribution is 5.82. The van der Waals surface area contributed by atoms with Crippen LogP contribution >= 0.6 is 0 Å². The first-order valence-electron chi connectivity index (χ1n) is 7.24. The highest BCUT2D eigenvalue weighted by Gasteiger charge is 2.24. The maximum Gasteiger partial charge on any atom is 0.136 e. The standard InChI is InChI=1S/C15H29NO/c1-12(2)10-16(11-13(3)4)9-8-14-6-5-7-15(14)17/h12-14H,5-11H2,1-4H3. The largest absolute Gasteiger partial charge is 0.303 e. The number of carbonyl (C=O) groups excluding carboxylic acids is 1. The van der Waals surface area contributed by atoms with E-state index in [0.717, 1.165) is 32.2 Å². The van der Waals surface area contributed by atoms with Crippen molar-refractivity contribution in [3.05, 3.63) is 0 Å². The molecule has 100 valence electrons. The quantitative estimate of drug-likeness (QED) is 0.679. The summed E-state index contributed by atoms with van der Waals surface area (Å²) in [7, 11) is 0. The van der Waals surface area contributed by atoms with Crippen molar-refractivity contribution in [1.29, 1.82) is 0 Å². The van der Waals surface area contributed by atoms with Crippen LogP contribution in [0.5, 0.6) is 0 Å². The van der Waals surface area contributed by atoms with Crippen LogP contribution in [0, 0.1) is 17.8 Å². The van der Waals surface area contributed by atoms with Crippen LogP contribution in [0.4, 0.5) is 0 Å². The second-order valence-electron chi connectivity index (χ2n) is 6.39. The Morgan fingerprint density at radius 1 is 1.18 bits per heavy atom. The van der Waals surface area contributed by atoms with Crippen LogP contribution in [0.2, 0.25) is 0 Å². The molecule has 1 atom stereocenters. The minimum Gasteiger partial charge on any atom is -0.303 e. The Morgan fingerprint density at radius 3 is 2.18 bits per heavy atom. The van der Waals surface area contributed by atoms with Crippen molar-refractivity contribution in [3.63, 3.8) is 0 Å². The average Bonchev–Trinajstić information content (AvgIpc) is 2.59. The van der Waals surface area contributed by atoms with Crippen molar-refractivity contribution in [2.24, 2.45) is 17.8 Å². The fourth-order valence-electron chi connectivity index (χ4n) is 2.82. The molecule has 1 aliphatic rings. The van der Waals surface area contributed by atoms with Gasteiger partial charge < -0.3 is 4.90 Å². The van der Waals surface area contributed by atoms with E-state index in [1.54, 1.807) is 0 Å². The lowest BCUT2D eigenvalue weighted by molar-refractivity contribution is -0.120. The minimum absolute atomic E-state index is 0.372. The maximum absolute atomic E-state index is 11.6. The van der Waals surface area contributed by atoms with E-state index in [2.05, 4.69) is 32.6 Å². The van der Waals surface area contributed by atoms with Crippen LogP contribution in [0.25, 0.3) is 0 Å². The Hall–Kier alpha value is -0.370. The van der Waals surface area contributed by atoms with E-state index in [4.69, 9.17) is 0 Å². The van der Waals surface area contributed by atoms with Gasteiger partial charge in [0.1, 0.15) is 5.78 Å². The molecule has 2 heteroatoms. The normalized spacial score (nSPS) is 21.1. The van der Waals surface area contributed by atoms with Gasteiger partial charge in [-0.1, -0.05) is 27.7 Å². The molecule has 0 aromatic carbocycles. The van der Waals surface area contributed by atoms with E-state index in [-0.39, 0.29) is 0 Å². The first-order valence-corrected chi connectivity index (χ1v) is 7.24. The number of ketones is 1. The van der Waals surface area contributed by atoms with Gasteiger partial charge in [-0.2, -0.15) is 0 Å². The predicted octanol–water partition coefficient (Wildman–Crippen LogP) is 3.36. The summed E-state index contributed by atoms with van der Waals surface area (Å²) >= 11 is 0. The molecule has 0 heterocycles. The van der Waals surface area contributed by atoms with Gasteiger partial charge in [0.05, 0.1) is 0 Å². The third kappa shape index (κ3) is 5.67. The molecule has 0 N–H and O–H groups in total. The summed E-state index contributed by atoms with van der Waals surface area (Å²) in [5.41, 5.74) is 0. The molecule has 17 heavy (non-hydrogen) atoms. The summed E-state index contributed by atoms with van der Waals surface area (Å²) < 4.78 is 0. The third-order valence-corrected chi connectivity index (χ3v) is 3.47. The Labute approximate surface area is 107 Å². The van der Waals surface area contributed by atoms with Gasteiger partial charge in [-0.05, 0) is 37.6 Å². The van der Waals surface area contributed by atoms with Crippen LogP contribution in [0.3, 0.4) is 0 Å². The monoisotopic (exact) mass is 239 g/mol. The Morgan fingerprint density at radius 2 is 1.76 bits per heavy atom.